The highest BCUT2D eigenvalue weighted by atomic mass is 79.9. The summed E-state index contributed by atoms with van der Waals surface area (Å²) in [6, 6.07) is 4.99. The minimum atomic E-state index is -0.239. The van der Waals surface area contributed by atoms with E-state index in [-0.39, 0.29) is 5.82 Å². The molecule has 0 saturated heterocycles. The molecule has 96 valence electrons. The van der Waals surface area contributed by atoms with Crippen molar-refractivity contribution in [3.63, 3.8) is 0 Å². The molecule has 1 aromatic carbocycles. The van der Waals surface area contributed by atoms with E-state index in [0.29, 0.717) is 5.56 Å². The summed E-state index contributed by atoms with van der Waals surface area (Å²) in [5.74, 6) is -0.239. The zero-order valence-electron chi connectivity index (χ0n) is 10.3. The van der Waals surface area contributed by atoms with Crippen LogP contribution in [-0.2, 0) is 13.0 Å². The lowest BCUT2D eigenvalue weighted by Gasteiger charge is -2.01. The van der Waals surface area contributed by atoms with E-state index in [1.165, 1.54) is 10.9 Å². The third kappa shape index (κ3) is 2.63. The summed E-state index contributed by atoms with van der Waals surface area (Å²) in [7, 11) is 1.90. The topological polar surface area (TPSA) is 24.9 Å². The molecule has 0 saturated carbocycles. The quantitative estimate of drug-likeness (QED) is 0.917. The van der Waals surface area contributed by atoms with Crippen molar-refractivity contribution in [3.05, 3.63) is 39.1 Å². The number of halogens is 2. The van der Waals surface area contributed by atoms with Crippen LogP contribution in [0.15, 0.2) is 22.7 Å². The minimum Gasteiger partial charge on any atom is -0.315 e. The maximum atomic E-state index is 13.9. The second-order valence-electron chi connectivity index (χ2n) is 3.87. The summed E-state index contributed by atoms with van der Waals surface area (Å²) in [5.41, 5.74) is 1.60. The molecule has 18 heavy (non-hydrogen) atoms. The molecular formula is C13H14BrFN2S. The van der Waals surface area contributed by atoms with Gasteiger partial charge in [-0.05, 0) is 41.5 Å². The largest absolute Gasteiger partial charge is 0.315 e. The molecule has 0 atom stereocenters. The highest BCUT2D eigenvalue weighted by molar-refractivity contribution is 9.10. The molecule has 5 heteroatoms. The molecule has 0 bridgehead atoms. The van der Waals surface area contributed by atoms with Crippen molar-refractivity contribution in [2.45, 2.75) is 19.9 Å². The van der Waals surface area contributed by atoms with Gasteiger partial charge in [0, 0.05) is 15.9 Å². The molecule has 2 nitrogen and oxygen atoms in total. The van der Waals surface area contributed by atoms with E-state index in [1.807, 2.05) is 13.1 Å². The highest BCUT2D eigenvalue weighted by Crippen LogP contribution is 2.35. The Morgan fingerprint density at radius 3 is 2.83 bits per heavy atom. The second kappa shape index (κ2) is 5.91. The molecule has 0 spiro atoms. The second-order valence-corrected chi connectivity index (χ2v) is 5.81. The number of nitrogens with zero attached hydrogens (tertiary/aromatic N) is 1. The van der Waals surface area contributed by atoms with Gasteiger partial charge in [0.05, 0.1) is 11.3 Å². The van der Waals surface area contributed by atoms with Gasteiger partial charge >= 0.3 is 0 Å². The van der Waals surface area contributed by atoms with Gasteiger partial charge in [-0.15, -0.1) is 11.3 Å². The van der Waals surface area contributed by atoms with Crippen molar-refractivity contribution < 1.29 is 4.39 Å². The average Bonchev–Trinajstić information content (AvgIpc) is 2.72. The van der Waals surface area contributed by atoms with Gasteiger partial charge in [-0.25, -0.2) is 9.37 Å². The molecule has 2 aromatic rings. The van der Waals surface area contributed by atoms with Crippen LogP contribution in [0.25, 0.3) is 10.6 Å². The normalized spacial score (nSPS) is 10.9. The van der Waals surface area contributed by atoms with Gasteiger partial charge in [0.25, 0.3) is 0 Å². The lowest BCUT2D eigenvalue weighted by molar-refractivity contribution is 0.630. The van der Waals surface area contributed by atoms with E-state index < -0.39 is 0 Å². The lowest BCUT2D eigenvalue weighted by atomic mass is 10.2. The van der Waals surface area contributed by atoms with E-state index in [0.717, 1.165) is 28.1 Å². The van der Waals surface area contributed by atoms with E-state index in [2.05, 4.69) is 33.2 Å². The van der Waals surface area contributed by atoms with Crippen molar-refractivity contribution in [3.8, 4) is 10.6 Å². The molecular weight excluding hydrogens is 315 g/mol. The summed E-state index contributed by atoms with van der Waals surface area (Å²) in [5, 5.41) is 3.86. The summed E-state index contributed by atoms with van der Waals surface area (Å²) < 4.78 is 14.6. The number of thiazole rings is 1. The van der Waals surface area contributed by atoms with E-state index in [9.17, 15) is 4.39 Å². The molecule has 0 aliphatic heterocycles. The van der Waals surface area contributed by atoms with E-state index in [4.69, 9.17) is 0 Å². The minimum absolute atomic E-state index is 0.239. The molecule has 0 radical (unpaired) electrons. The zero-order valence-corrected chi connectivity index (χ0v) is 12.7. The standard InChI is InChI=1S/C13H14BrFN2S/c1-3-10-11(7-16-2)18-13(17-10)12-8(14)5-4-6-9(12)15/h4-6,16H,3,7H2,1-2H3. The molecule has 0 unspecified atom stereocenters. The smallest absolute Gasteiger partial charge is 0.134 e. The van der Waals surface area contributed by atoms with Crippen LogP contribution in [0.3, 0.4) is 0 Å². The fourth-order valence-corrected chi connectivity index (χ4v) is 3.65. The maximum absolute atomic E-state index is 13.9. The van der Waals surface area contributed by atoms with Gasteiger partial charge in [0.1, 0.15) is 10.8 Å². The van der Waals surface area contributed by atoms with Crippen LogP contribution in [-0.4, -0.2) is 12.0 Å². The highest BCUT2D eigenvalue weighted by Gasteiger charge is 2.16. The Bertz CT molecular complexity index is 534. The third-order valence-corrected chi connectivity index (χ3v) is 4.40. The first-order chi connectivity index (χ1) is 8.67. The fourth-order valence-electron chi connectivity index (χ4n) is 1.77. The average molecular weight is 329 g/mol. The van der Waals surface area contributed by atoms with Gasteiger partial charge in [-0.1, -0.05) is 13.0 Å². The Hall–Kier alpha value is -0.780. The van der Waals surface area contributed by atoms with Gasteiger partial charge < -0.3 is 5.32 Å². The molecule has 0 amide bonds. The van der Waals surface area contributed by atoms with Gasteiger partial charge in [0.2, 0.25) is 0 Å². The third-order valence-electron chi connectivity index (χ3n) is 2.63. The first-order valence-electron chi connectivity index (χ1n) is 5.75. The summed E-state index contributed by atoms with van der Waals surface area (Å²) in [6.45, 7) is 2.83. The number of aryl methyl sites for hydroxylation is 1. The first kappa shape index (κ1) is 13.6. The SMILES string of the molecule is CCc1nc(-c2c(F)cccc2Br)sc1CNC. The van der Waals surface area contributed by atoms with Gasteiger partial charge in [0.15, 0.2) is 0 Å². The molecule has 1 aromatic heterocycles. The summed E-state index contributed by atoms with van der Waals surface area (Å²) in [6.07, 6.45) is 0.861. The zero-order chi connectivity index (χ0) is 13.1. The van der Waals surface area contributed by atoms with Gasteiger partial charge in [-0.2, -0.15) is 0 Å². The van der Waals surface area contributed by atoms with Gasteiger partial charge in [-0.3, -0.25) is 0 Å². The molecule has 1 heterocycles. The van der Waals surface area contributed by atoms with E-state index in [1.54, 1.807) is 17.4 Å². The van der Waals surface area contributed by atoms with Crippen LogP contribution >= 0.6 is 27.3 Å². The number of hydrogen-bond donors (Lipinski definition) is 1. The molecule has 0 aliphatic carbocycles. The monoisotopic (exact) mass is 328 g/mol. The Labute approximate surface area is 118 Å². The lowest BCUT2D eigenvalue weighted by Crippen LogP contribution is -2.05. The number of benzene rings is 1. The predicted molar refractivity (Wildman–Crippen MR) is 77.3 cm³/mol. The molecule has 2 rings (SSSR count). The van der Waals surface area contributed by atoms with E-state index >= 15 is 0 Å². The van der Waals surface area contributed by atoms with Crippen LogP contribution in [0.5, 0.6) is 0 Å². The Morgan fingerprint density at radius 1 is 1.44 bits per heavy atom. The molecule has 0 fully saturated rings. The Morgan fingerprint density at radius 2 is 2.22 bits per heavy atom. The van der Waals surface area contributed by atoms with Crippen LogP contribution < -0.4 is 5.32 Å². The van der Waals surface area contributed by atoms with Crippen LogP contribution in [0.4, 0.5) is 4.39 Å². The van der Waals surface area contributed by atoms with Crippen molar-refractivity contribution in [2.75, 3.05) is 7.05 Å². The number of nitrogens with one attached hydrogen (secondary N) is 1. The van der Waals surface area contributed by atoms with Crippen LogP contribution in [0, 0.1) is 5.82 Å². The predicted octanol–water partition coefficient (Wildman–Crippen LogP) is 3.99. The Balaban J connectivity index is 2.51. The van der Waals surface area contributed by atoms with Crippen LogP contribution in [0.2, 0.25) is 0 Å². The number of rotatable bonds is 4. The number of hydrogen-bond acceptors (Lipinski definition) is 3. The van der Waals surface area contributed by atoms with Crippen molar-refractivity contribution in [2.24, 2.45) is 0 Å². The first-order valence-corrected chi connectivity index (χ1v) is 7.35. The van der Waals surface area contributed by atoms with Crippen molar-refractivity contribution in [1.29, 1.82) is 0 Å². The maximum Gasteiger partial charge on any atom is 0.134 e. The fraction of sp³-hybridized carbons (Fsp3) is 0.308. The van der Waals surface area contributed by atoms with Crippen molar-refractivity contribution >= 4 is 27.3 Å². The molecule has 1 N–H and O–H groups in total. The number of aromatic nitrogens is 1. The summed E-state index contributed by atoms with van der Waals surface area (Å²) in [4.78, 5) is 5.72. The molecule has 0 aliphatic rings. The van der Waals surface area contributed by atoms with Crippen molar-refractivity contribution in [1.82, 2.24) is 10.3 Å². The summed E-state index contributed by atoms with van der Waals surface area (Å²) >= 11 is 4.94. The van der Waals surface area contributed by atoms with Crippen LogP contribution in [0.1, 0.15) is 17.5 Å². The Kier molecular flexibility index (Phi) is 4.48.